The van der Waals surface area contributed by atoms with Gasteiger partial charge in [0.05, 0.1) is 12.4 Å². The molecule has 0 saturated carbocycles. The van der Waals surface area contributed by atoms with E-state index in [1.54, 1.807) is 0 Å². The van der Waals surface area contributed by atoms with Gasteiger partial charge in [0.25, 0.3) is 0 Å². The van der Waals surface area contributed by atoms with E-state index in [1.165, 1.54) is 0 Å². The lowest BCUT2D eigenvalue weighted by molar-refractivity contribution is -0.155. The highest BCUT2D eigenvalue weighted by molar-refractivity contribution is 5.82. The van der Waals surface area contributed by atoms with E-state index >= 15 is 0 Å². The van der Waals surface area contributed by atoms with E-state index in [1.807, 2.05) is 5.92 Å². The molecule has 1 fully saturated rings. The van der Waals surface area contributed by atoms with Gasteiger partial charge in [-0.25, -0.2) is 4.79 Å². The number of aliphatic hydroxyl groups is 2. The third kappa shape index (κ3) is 2.17. The summed E-state index contributed by atoms with van der Waals surface area (Å²) in [7, 11) is 0. The van der Waals surface area contributed by atoms with Crippen LogP contribution in [0.25, 0.3) is 0 Å². The van der Waals surface area contributed by atoms with E-state index in [9.17, 15) is 9.90 Å². The number of carboxylic acid groups (broad SMARTS) is 1. The fraction of sp³-hybridized carbons (Fsp3) is 0.364. The fourth-order valence-corrected chi connectivity index (χ4v) is 1.33. The van der Waals surface area contributed by atoms with E-state index in [-0.39, 0.29) is 6.42 Å². The van der Waals surface area contributed by atoms with Gasteiger partial charge in [-0.2, -0.15) is 0 Å². The molecule has 3 N–H and O–H groups in total. The molecule has 0 aliphatic carbocycles. The molecule has 1 heterocycles. The summed E-state index contributed by atoms with van der Waals surface area (Å²) in [6, 6.07) is 0. The number of hydrogen-bond acceptors (Lipinski definition) is 4. The van der Waals surface area contributed by atoms with Crippen molar-refractivity contribution in [3.05, 3.63) is 12.3 Å². The van der Waals surface area contributed by atoms with Gasteiger partial charge in [0.2, 0.25) is 5.60 Å². The highest BCUT2D eigenvalue weighted by atomic mass is 16.6. The van der Waals surface area contributed by atoms with E-state index < -0.39 is 23.8 Å². The van der Waals surface area contributed by atoms with Crippen molar-refractivity contribution in [2.45, 2.75) is 24.2 Å². The second-order valence-corrected chi connectivity index (χ2v) is 3.19. The monoisotopic (exact) mass is 222 g/mol. The number of allylic oxidation sites excluding steroid dienone is 1. The Morgan fingerprint density at radius 1 is 1.62 bits per heavy atom. The number of terminal acetylenes is 1. The fourth-order valence-electron chi connectivity index (χ4n) is 1.33. The summed E-state index contributed by atoms with van der Waals surface area (Å²) in [5.74, 6) is 5.52. The molecule has 0 aromatic carbocycles. The summed E-state index contributed by atoms with van der Waals surface area (Å²) in [5.41, 5.74) is -1.82. The number of hydrogen-bond donors (Lipinski definition) is 3. The Kier molecular flexibility index (Phi) is 3.57. The van der Waals surface area contributed by atoms with Crippen LogP contribution >= 0.6 is 0 Å². The molecular formula is C11H10O5. The van der Waals surface area contributed by atoms with E-state index in [4.69, 9.17) is 21.4 Å². The van der Waals surface area contributed by atoms with Crippen LogP contribution in [0.1, 0.15) is 6.42 Å². The molecule has 0 spiro atoms. The normalized spacial score (nSPS) is 33.0. The van der Waals surface area contributed by atoms with Crippen LogP contribution in [0.4, 0.5) is 0 Å². The summed E-state index contributed by atoms with van der Waals surface area (Å²) < 4.78 is 5.04. The van der Waals surface area contributed by atoms with Crippen LogP contribution in [0.3, 0.4) is 0 Å². The maximum absolute atomic E-state index is 10.9. The molecule has 5 nitrogen and oxygen atoms in total. The van der Waals surface area contributed by atoms with Gasteiger partial charge in [-0.1, -0.05) is 17.8 Å². The van der Waals surface area contributed by atoms with Crippen molar-refractivity contribution < 1.29 is 24.9 Å². The van der Waals surface area contributed by atoms with E-state index in [0.29, 0.717) is 0 Å². The number of carbonyl (C=O) groups is 1. The standard InChI is InChI=1S/C11H10O5/c1-2-11(10(14)15)7-8(13)9(16-11)5-3-4-6-12/h1,4,6,8-9,12-13H,7H2,(H,14,15)/b6-4+/t8?,9-,11+/m1/s1. The molecule has 1 rings (SSSR count). The second-order valence-electron chi connectivity index (χ2n) is 3.19. The SMILES string of the molecule is C#C[C@@]1(C(=O)O)CC(O)[C@@H](C#C/C=C/O)O1. The average Bonchev–Trinajstić information content (AvgIpc) is 2.58. The molecule has 84 valence electrons. The highest BCUT2D eigenvalue weighted by Gasteiger charge is 2.50. The molecule has 0 amide bonds. The van der Waals surface area contributed by atoms with Gasteiger partial charge in [0, 0.05) is 12.5 Å². The van der Waals surface area contributed by atoms with Gasteiger partial charge < -0.3 is 20.1 Å². The Labute approximate surface area is 92.3 Å². The molecule has 1 unspecified atom stereocenters. The molecular weight excluding hydrogens is 212 g/mol. The van der Waals surface area contributed by atoms with Crippen molar-refractivity contribution in [3.63, 3.8) is 0 Å². The summed E-state index contributed by atoms with van der Waals surface area (Å²) in [6.07, 6.45) is 4.69. The van der Waals surface area contributed by atoms with Crippen LogP contribution in [0.15, 0.2) is 12.3 Å². The first-order valence-electron chi connectivity index (χ1n) is 4.43. The maximum atomic E-state index is 10.9. The van der Waals surface area contributed by atoms with Gasteiger partial charge >= 0.3 is 5.97 Å². The molecule has 0 bridgehead atoms. The minimum Gasteiger partial charge on any atom is -0.515 e. The average molecular weight is 222 g/mol. The van der Waals surface area contributed by atoms with Crippen LogP contribution in [-0.4, -0.2) is 39.1 Å². The minimum absolute atomic E-state index is 0.207. The lowest BCUT2D eigenvalue weighted by Gasteiger charge is -2.15. The lowest BCUT2D eigenvalue weighted by Crippen LogP contribution is -2.37. The van der Waals surface area contributed by atoms with Crippen molar-refractivity contribution in [2.24, 2.45) is 0 Å². The Hall–Kier alpha value is -1.95. The van der Waals surface area contributed by atoms with Gasteiger partial charge in [-0.3, -0.25) is 0 Å². The minimum atomic E-state index is -1.82. The molecule has 5 heteroatoms. The Balaban J connectivity index is 2.86. The predicted molar refractivity (Wildman–Crippen MR) is 54.2 cm³/mol. The molecule has 1 aliphatic rings. The topological polar surface area (TPSA) is 87.0 Å². The zero-order chi connectivity index (χ0) is 12.2. The number of ether oxygens (including phenoxy) is 1. The molecule has 0 radical (unpaired) electrons. The largest absolute Gasteiger partial charge is 0.515 e. The predicted octanol–water partition coefficient (Wildman–Crippen LogP) is -0.332. The van der Waals surface area contributed by atoms with Gasteiger partial charge in [-0.05, 0) is 0 Å². The van der Waals surface area contributed by atoms with Gasteiger partial charge in [0.15, 0.2) is 0 Å². The summed E-state index contributed by atoms with van der Waals surface area (Å²) in [4.78, 5) is 10.9. The second kappa shape index (κ2) is 4.71. The maximum Gasteiger partial charge on any atom is 0.348 e. The van der Waals surface area contributed by atoms with E-state index in [2.05, 4.69) is 11.8 Å². The zero-order valence-electron chi connectivity index (χ0n) is 8.25. The van der Waals surface area contributed by atoms with Crippen LogP contribution in [0.2, 0.25) is 0 Å². The first-order chi connectivity index (χ1) is 7.55. The first-order valence-corrected chi connectivity index (χ1v) is 4.43. The molecule has 1 saturated heterocycles. The number of carboxylic acids is 1. The Morgan fingerprint density at radius 3 is 2.75 bits per heavy atom. The Morgan fingerprint density at radius 2 is 2.31 bits per heavy atom. The molecule has 0 aromatic rings. The molecule has 3 atom stereocenters. The number of aliphatic hydroxyl groups excluding tert-OH is 2. The van der Waals surface area contributed by atoms with Gasteiger partial charge in [0.1, 0.15) is 6.10 Å². The Bertz CT molecular complexity index is 408. The first kappa shape index (κ1) is 12.1. The van der Waals surface area contributed by atoms with Crippen LogP contribution in [0.5, 0.6) is 0 Å². The lowest BCUT2D eigenvalue weighted by atomic mass is 9.99. The van der Waals surface area contributed by atoms with Crippen LogP contribution < -0.4 is 0 Å². The molecule has 1 aliphatic heterocycles. The van der Waals surface area contributed by atoms with Crippen LogP contribution in [0, 0.1) is 24.2 Å². The van der Waals surface area contributed by atoms with Crippen molar-refractivity contribution in [1.29, 1.82) is 0 Å². The van der Waals surface area contributed by atoms with Crippen molar-refractivity contribution in [3.8, 4) is 24.2 Å². The number of rotatable bonds is 1. The third-order valence-electron chi connectivity index (χ3n) is 2.14. The van der Waals surface area contributed by atoms with Crippen molar-refractivity contribution in [2.75, 3.05) is 0 Å². The van der Waals surface area contributed by atoms with Crippen molar-refractivity contribution in [1.82, 2.24) is 0 Å². The highest BCUT2D eigenvalue weighted by Crippen LogP contribution is 2.30. The molecule has 0 aromatic heterocycles. The molecule has 16 heavy (non-hydrogen) atoms. The third-order valence-corrected chi connectivity index (χ3v) is 2.14. The van der Waals surface area contributed by atoms with E-state index in [0.717, 1.165) is 12.3 Å². The van der Waals surface area contributed by atoms with Crippen LogP contribution in [-0.2, 0) is 9.53 Å². The smallest absolute Gasteiger partial charge is 0.348 e. The van der Waals surface area contributed by atoms with Gasteiger partial charge in [-0.15, -0.1) is 6.42 Å². The summed E-state index contributed by atoms with van der Waals surface area (Å²) in [6.45, 7) is 0. The van der Waals surface area contributed by atoms with Crippen molar-refractivity contribution >= 4 is 5.97 Å². The quantitative estimate of drug-likeness (QED) is 0.417. The summed E-state index contributed by atoms with van der Waals surface area (Å²) >= 11 is 0. The number of aliphatic carboxylic acids is 1. The zero-order valence-corrected chi connectivity index (χ0v) is 8.25. The summed E-state index contributed by atoms with van der Waals surface area (Å²) in [5, 5.41) is 26.8.